The molecule has 0 bridgehead atoms. The highest BCUT2D eigenvalue weighted by Crippen LogP contribution is 2.24. The molecule has 1 saturated heterocycles. The highest BCUT2D eigenvalue weighted by molar-refractivity contribution is 6.44. The smallest absolute Gasteiger partial charge is 0.334 e. The molecule has 1 aliphatic rings. The van der Waals surface area contributed by atoms with Crippen molar-refractivity contribution < 1.29 is 23.9 Å². The van der Waals surface area contributed by atoms with Crippen LogP contribution in [-0.2, 0) is 25.7 Å². The lowest BCUT2D eigenvalue weighted by Gasteiger charge is -2.15. The average Bonchev–Trinajstić information content (AvgIpc) is 2.76. The third-order valence-corrected chi connectivity index (χ3v) is 4.27. The first kappa shape index (κ1) is 19.2. The number of ether oxygens (including phenoxy) is 1. The number of imide groups is 2. The van der Waals surface area contributed by atoms with Gasteiger partial charge in [0, 0.05) is 13.0 Å². The van der Waals surface area contributed by atoms with Crippen LogP contribution in [0.3, 0.4) is 0 Å². The van der Waals surface area contributed by atoms with Gasteiger partial charge in [0.25, 0.3) is 0 Å². The van der Waals surface area contributed by atoms with Gasteiger partial charge in [-0.25, -0.2) is 4.79 Å². The molecule has 0 atom stereocenters. The molecule has 25 heavy (non-hydrogen) atoms. The SMILES string of the molecule is CCOC(=O)CCCN1C(=O)C(=O)N(Cc2ccc(Cl)c(Cl)c2)C1=O. The second-order valence-electron chi connectivity index (χ2n) is 5.29. The minimum atomic E-state index is -0.910. The Morgan fingerprint density at radius 1 is 1.08 bits per heavy atom. The van der Waals surface area contributed by atoms with Crippen LogP contribution in [0.2, 0.25) is 10.0 Å². The number of amides is 4. The first-order chi connectivity index (χ1) is 11.8. The molecule has 1 heterocycles. The summed E-state index contributed by atoms with van der Waals surface area (Å²) in [6, 6.07) is 3.97. The summed E-state index contributed by atoms with van der Waals surface area (Å²) >= 11 is 11.7. The van der Waals surface area contributed by atoms with E-state index in [9.17, 15) is 19.2 Å². The molecule has 0 saturated carbocycles. The Balaban J connectivity index is 2.00. The quantitative estimate of drug-likeness (QED) is 0.408. The van der Waals surface area contributed by atoms with Gasteiger partial charge in [0.15, 0.2) is 0 Å². The van der Waals surface area contributed by atoms with Gasteiger partial charge in [0.1, 0.15) is 0 Å². The molecule has 0 N–H and O–H groups in total. The Morgan fingerprint density at radius 3 is 2.40 bits per heavy atom. The van der Waals surface area contributed by atoms with Crippen LogP contribution in [0.1, 0.15) is 25.3 Å². The normalized spacial score (nSPS) is 14.4. The van der Waals surface area contributed by atoms with Gasteiger partial charge >= 0.3 is 23.8 Å². The zero-order valence-electron chi connectivity index (χ0n) is 13.5. The fourth-order valence-corrected chi connectivity index (χ4v) is 2.64. The topological polar surface area (TPSA) is 84.0 Å². The molecule has 0 aromatic heterocycles. The molecule has 2 rings (SSSR count). The van der Waals surface area contributed by atoms with E-state index >= 15 is 0 Å². The highest BCUT2D eigenvalue weighted by Gasteiger charge is 2.44. The van der Waals surface area contributed by atoms with Crippen LogP contribution in [0.25, 0.3) is 0 Å². The van der Waals surface area contributed by atoms with Gasteiger partial charge in [-0.05, 0) is 31.0 Å². The van der Waals surface area contributed by atoms with Crippen LogP contribution in [0, 0.1) is 0 Å². The summed E-state index contributed by atoms with van der Waals surface area (Å²) in [6.45, 7) is 1.83. The van der Waals surface area contributed by atoms with E-state index in [1.807, 2.05) is 0 Å². The van der Waals surface area contributed by atoms with E-state index in [2.05, 4.69) is 0 Å². The van der Waals surface area contributed by atoms with Crippen LogP contribution >= 0.6 is 23.2 Å². The van der Waals surface area contributed by atoms with E-state index in [0.29, 0.717) is 10.6 Å². The zero-order chi connectivity index (χ0) is 18.6. The Hall–Kier alpha value is -2.12. The maximum Gasteiger partial charge on any atom is 0.334 e. The number of halogens is 2. The largest absolute Gasteiger partial charge is 0.466 e. The van der Waals surface area contributed by atoms with E-state index in [-0.39, 0.29) is 37.6 Å². The Labute approximate surface area is 154 Å². The summed E-state index contributed by atoms with van der Waals surface area (Å²) in [4.78, 5) is 49.3. The van der Waals surface area contributed by atoms with Crippen molar-refractivity contribution >= 4 is 47.0 Å². The van der Waals surface area contributed by atoms with Crippen molar-refractivity contribution in [3.05, 3.63) is 33.8 Å². The maximum atomic E-state index is 12.3. The van der Waals surface area contributed by atoms with Gasteiger partial charge in [-0.1, -0.05) is 29.3 Å². The Morgan fingerprint density at radius 2 is 1.76 bits per heavy atom. The third-order valence-electron chi connectivity index (χ3n) is 3.53. The van der Waals surface area contributed by atoms with Crippen LogP contribution in [0.5, 0.6) is 0 Å². The summed E-state index contributed by atoms with van der Waals surface area (Å²) in [5.74, 6) is -2.23. The molecular weight excluding hydrogens is 371 g/mol. The molecule has 0 aliphatic carbocycles. The average molecular weight is 387 g/mol. The van der Waals surface area contributed by atoms with E-state index in [4.69, 9.17) is 27.9 Å². The van der Waals surface area contributed by atoms with Crippen LogP contribution in [0.15, 0.2) is 18.2 Å². The lowest BCUT2D eigenvalue weighted by Crippen LogP contribution is -2.34. The van der Waals surface area contributed by atoms with Crippen molar-refractivity contribution in [2.45, 2.75) is 26.3 Å². The molecule has 0 radical (unpaired) electrons. The number of carbonyl (C=O) groups excluding carboxylic acids is 4. The molecular formula is C16H16Cl2N2O5. The standard InChI is InChI=1S/C16H16Cl2N2O5/c1-2-25-13(21)4-3-7-19-14(22)15(23)20(16(19)24)9-10-5-6-11(17)12(18)8-10/h5-6,8H,2-4,7,9H2,1H3. The molecule has 1 aromatic rings. The number of benzene rings is 1. The lowest BCUT2D eigenvalue weighted by molar-refractivity contribution is -0.144. The Bertz CT molecular complexity index is 722. The van der Waals surface area contributed by atoms with Crippen molar-refractivity contribution in [3.63, 3.8) is 0 Å². The predicted molar refractivity (Wildman–Crippen MR) is 90.0 cm³/mol. The molecule has 0 spiro atoms. The molecule has 7 nitrogen and oxygen atoms in total. The molecule has 1 aliphatic heterocycles. The Kier molecular flexibility index (Phi) is 6.39. The number of carbonyl (C=O) groups is 4. The predicted octanol–water partition coefficient (Wildman–Crippen LogP) is 2.63. The summed E-state index contributed by atoms with van der Waals surface area (Å²) < 4.78 is 4.77. The van der Waals surface area contributed by atoms with E-state index in [1.54, 1.807) is 19.1 Å². The molecule has 4 amide bonds. The fourth-order valence-electron chi connectivity index (χ4n) is 2.32. The lowest BCUT2D eigenvalue weighted by atomic mass is 10.2. The van der Waals surface area contributed by atoms with Crippen molar-refractivity contribution in [3.8, 4) is 0 Å². The molecule has 0 unspecified atom stereocenters. The number of rotatable bonds is 7. The highest BCUT2D eigenvalue weighted by atomic mass is 35.5. The van der Waals surface area contributed by atoms with Crippen molar-refractivity contribution in [1.29, 1.82) is 0 Å². The number of hydrogen-bond acceptors (Lipinski definition) is 5. The van der Waals surface area contributed by atoms with Crippen LogP contribution < -0.4 is 0 Å². The van der Waals surface area contributed by atoms with Gasteiger partial charge < -0.3 is 4.74 Å². The van der Waals surface area contributed by atoms with Crippen molar-refractivity contribution in [2.24, 2.45) is 0 Å². The maximum absolute atomic E-state index is 12.3. The number of nitrogens with zero attached hydrogens (tertiary/aromatic N) is 2. The van der Waals surface area contributed by atoms with Gasteiger partial charge in [-0.3, -0.25) is 24.2 Å². The zero-order valence-corrected chi connectivity index (χ0v) is 15.0. The van der Waals surface area contributed by atoms with E-state index in [0.717, 1.165) is 9.80 Å². The van der Waals surface area contributed by atoms with Gasteiger partial charge in [-0.15, -0.1) is 0 Å². The second-order valence-corrected chi connectivity index (χ2v) is 6.10. The molecule has 134 valence electrons. The van der Waals surface area contributed by atoms with Crippen molar-refractivity contribution in [1.82, 2.24) is 9.80 Å². The van der Waals surface area contributed by atoms with Gasteiger partial charge in [0.05, 0.1) is 23.2 Å². The first-order valence-corrected chi connectivity index (χ1v) is 8.37. The number of esters is 1. The fraction of sp³-hybridized carbons (Fsp3) is 0.375. The van der Waals surface area contributed by atoms with Gasteiger partial charge in [0.2, 0.25) is 0 Å². The minimum Gasteiger partial charge on any atom is -0.466 e. The number of urea groups is 1. The molecule has 1 aromatic carbocycles. The second kappa shape index (κ2) is 8.31. The summed E-state index contributed by atoms with van der Waals surface area (Å²) in [6.07, 6.45) is 0.288. The molecule has 9 heteroatoms. The summed E-state index contributed by atoms with van der Waals surface area (Å²) in [5, 5.41) is 0.636. The summed E-state index contributed by atoms with van der Waals surface area (Å²) in [7, 11) is 0. The summed E-state index contributed by atoms with van der Waals surface area (Å²) in [5.41, 5.74) is 0.567. The third kappa shape index (κ3) is 4.49. The van der Waals surface area contributed by atoms with Crippen molar-refractivity contribution in [2.75, 3.05) is 13.2 Å². The minimum absolute atomic E-state index is 0.0277. The number of hydrogen-bond donors (Lipinski definition) is 0. The van der Waals surface area contributed by atoms with Crippen LogP contribution in [-0.4, -0.2) is 46.8 Å². The molecule has 1 fully saturated rings. The van der Waals surface area contributed by atoms with E-state index in [1.165, 1.54) is 6.07 Å². The van der Waals surface area contributed by atoms with E-state index < -0.39 is 23.8 Å². The van der Waals surface area contributed by atoms with Gasteiger partial charge in [-0.2, -0.15) is 0 Å². The van der Waals surface area contributed by atoms with Crippen LogP contribution in [0.4, 0.5) is 4.79 Å². The first-order valence-electron chi connectivity index (χ1n) is 7.62. The monoisotopic (exact) mass is 386 g/mol.